The summed E-state index contributed by atoms with van der Waals surface area (Å²) in [5.41, 5.74) is 2.65. The Morgan fingerprint density at radius 1 is 1.00 bits per heavy atom. The van der Waals surface area contributed by atoms with Crippen molar-refractivity contribution in [3.8, 4) is 0 Å². The maximum Gasteiger partial charge on any atom is 0.256 e. The van der Waals surface area contributed by atoms with E-state index >= 15 is 0 Å². The van der Waals surface area contributed by atoms with Crippen LogP contribution >= 0.6 is 0 Å². The number of H-pyrrole nitrogens is 1. The molecule has 0 aromatic carbocycles. The molecule has 3 saturated heterocycles. The van der Waals surface area contributed by atoms with Gasteiger partial charge in [0.2, 0.25) is 5.91 Å². The summed E-state index contributed by atoms with van der Waals surface area (Å²) in [6, 6.07) is 0.0785. The fourth-order valence-electron chi connectivity index (χ4n) is 4.99. The highest BCUT2D eigenvalue weighted by Gasteiger charge is 2.41. The molecule has 1 aliphatic carbocycles. The molecule has 4 heterocycles. The van der Waals surface area contributed by atoms with Gasteiger partial charge in [-0.05, 0) is 51.0 Å². The number of ketones is 1. The zero-order chi connectivity index (χ0) is 19.3. The monoisotopic (exact) mass is 371 g/mol. The van der Waals surface area contributed by atoms with E-state index in [1.165, 1.54) is 6.92 Å². The van der Waals surface area contributed by atoms with E-state index in [9.17, 15) is 14.4 Å². The Hall–Kier alpha value is -2.11. The topological polar surface area (TPSA) is 73.5 Å². The van der Waals surface area contributed by atoms with Gasteiger partial charge < -0.3 is 14.8 Å². The Morgan fingerprint density at radius 2 is 1.74 bits per heavy atom. The molecule has 4 fully saturated rings. The van der Waals surface area contributed by atoms with Gasteiger partial charge in [0, 0.05) is 44.2 Å². The number of carbonyl (C=O) groups excluding carboxylic acids is 3. The molecule has 2 atom stereocenters. The van der Waals surface area contributed by atoms with Crippen LogP contribution in [-0.2, 0) is 4.79 Å². The Bertz CT molecular complexity index is 793. The van der Waals surface area contributed by atoms with Crippen LogP contribution in [0.25, 0.3) is 0 Å². The number of rotatable bonds is 3. The second-order valence-corrected chi connectivity index (χ2v) is 8.61. The third-order valence-electron chi connectivity index (χ3n) is 6.74. The zero-order valence-electron chi connectivity index (χ0n) is 16.5. The largest absolute Gasteiger partial charge is 0.355 e. The lowest BCUT2D eigenvalue weighted by Crippen LogP contribution is -2.48. The molecule has 0 spiro atoms. The van der Waals surface area contributed by atoms with Crippen LogP contribution in [0.4, 0.5) is 0 Å². The molecule has 0 radical (unpaired) electrons. The highest BCUT2D eigenvalue weighted by atomic mass is 16.2. The number of hydrogen-bond acceptors (Lipinski definition) is 3. The number of amides is 2. The van der Waals surface area contributed by atoms with E-state index < -0.39 is 0 Å². The molecule has 27 heavy (non-hydrogen) atoms. The standard InChI is InChI=1S/C21H29N3O3/c1-12-18(13(2)22-19(12)14(3)25)21(27)24-10-15-7-8-17(24)11-23(9-15)20(26)16-5-4-6-16/h15-17,22H,4-11H2,1-3H3/t15-,17+/m1/s1. The molecule has 2 amide bonds. The maximum atomic E-state index is 13.4. The van der Waals surface area contributed by atoms with Gasteiger partial charge in [0.25, 0.3) is 5.91 Å². The van der Waals surface area contributed by atoms with Crippen LogP contribution in [0.3, 0.4) is 0 Å². The van der Waals surface area contributed by atoms with Crippen LogP contribution in [0.5, 0.6) is 0 Å². The second-order valence-electron chi connectivity index (χ2n) is 8.61. The first-order valence-electron chi connectivity index (χ1n) is 10.2. The number of hydrogen-bond donors (Lipinski definition) is 1. The highest BCUT2D eigenvalue weighted by molar-refractivity contribution is 6.02. The van der Waals surface area contributed by atoms with E-state index in [4.69, 9.17) is 0 Å². The normalized spacial score (nSPS) is 25.3. The first-order valence-corrected chi connectivity index (χ1v) is 10.2. The molecular formula is C21H29N3O3. The molecule has 1 saturated carbocycles. The predicted molar refractivity (Wildman–Crippen MR) is 102 cm³/mol. The zero-order valence-corrected chi connectivity index (χ0v) is 16.5. The van der Waals surface area contributed by atoms with E-state index in [-0.39, 0.29) is 23.7 Å². The van der Waals surface area contributed by atoms with Crippen molar-refractivity contribution in [3.63, 3.8) is 0 Å². The van der Waals surface area contributed by atoms with Crippen molar-refractivity contribution in [2.24, 2.45) is 11.8 Å². The van der Waals surface area contributed by atoms with Gasteiger partial charge in [0.1, 0.15) is 0 Å². The number of aryl methyl sites for hydroxylation is 1. The molecule has 3 aliphatic heterocycles. The summed E-state index contributed by atoms with van der Waals surface area (Å²) in [6.45, 7) is 7.35. The molecule has 0 unspecified atom stereocenters. The highest BCUT2D eigenvalue weighted by Crippen LogP contribution is 2.34. The van der Waals surface area contributed by atoms with Crippen molar-refractivity contribution in [1.82, 2.24) is 14.8 Å². The number of fused-ring (bicyclic) bond motifs is 4. The first kappa shape index (κ1) is 18.3. The van der Waals surface area contributed by atoms with Gasteiger partial charge in [-0.2, -0.15) is 0 Å². The summed E-state index contributed by atoms with van der Waals surface area (Å²) in [5.74, 6) is 0.800. The van der Waals surface area contributed by atoms with Crippen LogP contribution in [0, 0.1) is 25.7 Å². The van der Waals surface area contributed by atoms with Gasteiger partial charge in [-0.3, -0.25) is 14.4 Å². The molecule has 6 heteroatoms. The molecule has 5 rings (SSSR count). The van der Waals surface area contributed by atoms with Crippen molar-refractivity contribution in [2.75, 3.05) is 19.6 Å². The lowest BCUT2D eigenvalue weighted by Gasteiger charge is -2.36. The number of aromatic nitrogens is 1. The number of aromatic amines is 1. The Labute approximate surface area is 160 Å². The SMILES string of the molecule is CC(=O)c1[nH]c(C)c(C(=O)N2C[C@@H]3CC[C@H]2CN(C(=O)C2CCC2)C3)c1C. The molecule has 1 aromatic rings. The lowest BCUT2D eigenvalue weighted by molar-refractivity contribution is -0.138. The minimum absolute atomic E-state index is 0.00129. The predicted octanol–water partition coefficient (Wildman–Crippen LogP) is 2.70. The van der Waals surface area contributed by atoms with Gasteiger partial charge in [-0.15, -0.1) is 0 Å². The summed E-state index contributed by atoms with van der Waals surface area (Å²) in [7, 11) is 0. The van der Waals surface area contributed by atoms with Crippen molar-refractivity contribution in [3.05, 3.63) is 22.5 Å². The van der Waals surface area contributed by atoms with E-state index in [2.05, 4.69) is 4.98 Å². The van der Waals surface area contributed by atoms with Crippen LogP contribution in [0.1, 0.15) is 71.1 Å². The molecule has 146 valence electrons. The number of nitrogens with one attached hydrogen (secondary N) is 1. The lowest BCUT2D eigenvalue weighted by atomic mass is 9.84. The third-order valence-corrected chi connectivity index (χ3v) is 6.74. The molecular weight excluding hydrogens is 342 g/mol. The molecule has 2 bridgehead atoms. The minimum atomic E-state index is -0.0516. The fraction of sp³-hybridized carbons (Fsp3) is 0.667. The van der Waals surface area contributed by atoms with Crippen molar-refractivity contribution in [1.29, 1.82) is 0 Å². The van der Waals surface area contributed by atoms with Crippen molar-refractivity contribution < 1.29 is 14.4 Å². The summed E-state index contributed by atoms with van der Waals surface area (Å²) in [5, 5.41) is 0. The number of Topliss-reactive ketones (excluding diaryl/α,β-unsaturated/α-hetero) is 1. The Morgan fingerprint density at radius 3 is 2.33 bits per heavy atom. The first-order chi connectivity index (χ1) is 12.9. The Kier molecular flexibility index (Phi) is 4.60. The van der Waals surface area contributed by atoms with Gasteiger partial charge in [-0.25, -0.2) is 0 Å². The van der Waals surface area contributed by atoms with Crippen molar-refractivity contribution >= 4 is 17.6 Å². The van der Waals surface area contributed by atoms with Gasteiger partial charge in [0.15, 0.2) is 5.78 Å². The van der Waals surface area contributed by atoms with Gasteiger partial charge in [0.05, 0.1) is 11.3 Å². The van der Waals surface area contributed by atoms with Crippen LogP contribution < -0.4 is 0 Å². The van der Waals surface area contributed by atoms with Gasteiger partial charge in [-0.1, -0.05) is 6.42 Å². The molecule has 6 nitrogen and oxygen atoms in total. The smallest absolute Gasteiger partial charge is 0.256 e. The van der Waals surface area contributed by atoms with Crippen LogP contribution in [-0.4, -0.2) is 58.1 Å². The van der Waals surface area contributed by atoms with Gasteiger partial charge >= 0.3 is 0 Å². The maximum absolute atomic E-state index is 13.4. The number of nitrogens with zero attached hydrogens (tertiary/aromatic N) is 2. The molecule has 1 aromatic heterocycles. The third kappa shape index (κ3) is 3.09. The summed E-state index contributed by atoms with van der Waals surface area (Å²) in [6.07, 6.45) is 5.22. The number of piperidine rings is 1. The van der Waals surface area contributed by atoms with Crippen LogP contribution in [0.15, 0.2) is 0 Å². The fourth-order valence-corrected chi connectivity index (χ4v) is 4.99. The quantitative estimate of drug-likeness (QED) is 0.830. The molecule has 4 aliphatic rings. The average Bonchev–Trinajstić information content (AvgIpc) is 2.75. The minimum Gasteiger partial charge on any atom is -0.355 e. The summed E-state index contributed by atoms with van der Waals surface area (Å²) < 4.78 is 0. The van der Waals surface area contributed by atoms with E-state index in [0.29, 0.717) is 36.2 Å². The average molecular weight is 371 g/mol. The second kappa shape index (κ2) is 6.80. The van der Waals surface area contributed by atoms with Crippen LogP contribution in [0.2, 0.25) is 0 Å². The van der Waals surface area contributed by atoms with Crippen molar-refractivity contribution in [2.45, 2.75) is 58.9 Å². The Balaban J connectivity index is 1.57. The van der Waals surface area contributed by atoms with E-state index in [1.54, 1.807) is 0 Å². The summed E-state index contributed by atoms with van der Waals surface area (Å²) in [4.78, 5) is 45.1. The molecule has 1 N–H and O–H groups in total. The van der Waals surface area contributed by atoms with E-state index in [1.807, 2.05) is 23.6 Å². The van der Waals surface area contributed by atoms with E-state index in [0.717, 1.165) is 49.9 Å². The number of carbonyl (C=O) groups is 3. The summed E-state index contributed by atoms with van der Waals surface area (Å²) >= 11 is 0.